The van der Waals surface area contributed by atoms with Gasteiger partial charge in [-0.2, -0.15) is 5.10 Å². The van der Waals surface area contributed by atoms with E-state index in [-0.39, 0.29) is 11.1 Å². The van der Waals surface area contributed by atoms with E-state index in [2.05, 4.69) is 20.8 Å². The highest BCUT2D eigenvalue weighted by Gasteiger charge is 2.13. The number of hydrazine groups is 1. The average Bonchev–Trinajstić information content (AvgIpc) is 2.77. The maximum atomic E-state index is 12.2. The summed E-state index contributed by atoms with van der Waals surface area (Å²) in [6.45, 7) is 1.97. The lowest BCUT2D eigenvalue weighted by molar-refractivity contribution is 0.102. The van der Waals surface area contributed by atoms with Crippen LogP contribution >= 0.6 is 11.6 Å². The van der Waals surface area contributed by atoms with Crippen molar-refractivity contribution in [2.75, 3.05) is 10.7 Å². The fraction of sp³-hybridized carbons (Fsp3) is 0.250. The van der Waals surface area contributed by atoms with Gasteiger partial charge in [-0.1, -0.05) is 18.5 Å². The molecule has 7 nitrogen and oxygen atoms in total. The van der Waals surface area contributed by atoms with Gasteiger partial charge in [-0.25, -0.2) is 10.8 Å². The van der Waals surface area contributed by atoms with Gasteiger partial charge in [-0.15, -0.1) is 0 Å². The van der Waals surface area contributed by atoms with Gasteiger partial charge in [0.25, 0.3) is 5.91 Å². The van der Waals surface area contributed by atoms with Gasteiger partial charge in [0.1, 0.15) is 11.0 Å². The minimum atomic E-state index is -0.298. The van der Waals surface area contributed by atoms with E-state index >= 15 is 0 Å². The number of amides is 1. The average molecular weight is 295 g/mol. The van der Waals surface area contributed by atoms with Crippen LogP contribution in [0.4, 0.5) is 11.5 Å². The summed E-state index contributed by atoms with van der Waals surface area (Å²) in [7, 11) is 1.80. The molecule has 0 radical (unpaired) electrons. The molecule has 1 amide bonds. The van der Waals surface area contributed by atoms with Crippen molar-refractivity contribution in [3.8, 4) is 0 Å². The zero-order valence-corrected chi connectivity index (χ0v) is 11.9. The Hall–Kier alpha value is -2.12. The smallest absolute Gasteiger partial charge is 0.256 e. The van der Waals surface area contributed by atoms with Crippen LogP contribution in [0.2, 0.25) is 5.15 Å². The minimum absolute atomic E-state index is 0.188. The number of halogens is 1. The molecule has 106 valence electrons. The quantitative estimate of drug-likeness (QED) is 0.452. The molecule has 8 heteroatoms. The number of nitrogens with zero attached hydrogens (tertiary/aromatic N) is 3. The predicted octanol–water partition coefficient (Wildman–Crippen LogP) is 1.57. The van der Waals surface area contributed by atoms with E-state index in [1.54, 1.807) is 17.9 Å². The van der Waals surface area contributed by atoms with Gasteiger partial charge < -0.3 is 10.7 Å². The third-order valence-electron chi connectivity index (χ3n) is 2.69. The topological polar surface area (TPSA) is 97.9 Å². The highest BCUT2D eigenvalue weighted by Crippen LogP contribution is 2.18. The van der Waals surface area contributed by atoms with Crippen molar-refractivity contribution >= 4 is 29.0 Å². The normalized spacial score (nSPS) is 10.4. The summed E-state index contributed by atoms with van der Waals surface area (Å²) in [6, 6.07) is 2.99. The van der Waals surface area contributed by atoms with Crippen molar-refractivity contribution in [2.45, 2.75) is 13.3 Å². The molecule has 0 fully saturated rings. The molecule has 0 spiro atoms. The molecule has 0 aliphatic heterocycles. The van der Waals surface area contributed by atoms with Crippen LogP contribution in [0, 0.1) is 0 Å². The first-order chi connectivity index (χ1) is 9.53. The summed E-state index contributed by atoms with van der Waals surface area (Å²) < 4.78 is 1.65. The third kappa shape index (κ3) is 3.06. The van der Waals surface area contributed by atoms with Crippen LogP contribution in [0.5, 0.6) is 0 Å². The van der Waals surface area contributed by atoms with E-state index in [0.717, 1.165) is 12.1 Å². The molecule has 0 saturated carbocycles. The first-order valence-corrected chi connectivity index (χ1v) is 6.39. The Morgan fingerprint density at radius 3 is 2.90 bits per heavy atom. The SMILES string of the molecule is CCc1nn(C)cc1NC(=O)c1cc(Cl)nc(NN)c1. The lowest BCUT2D eigenvalue weighted by atomic mass is 10.2. The van der Waals surface area contributed by atoms with Crippen LogP contribution in [0.3, 0.4) is 0 Å². The molecule has 0 aliphatic rings. The van der Waals surface area contributed by atoms with E-state index in [4.69, 9.17) is 17.4 Å². The molecule has 0 unspecified atom stereocenters. The Labute approximate surface area is 121 Å². The standard InChI is InChI=1S/C12H15ClN6O/c1-3-8-9(6-19(2)18-8)15-12(20)7-4-10(13)16-11(5-7)17-14/h4-6H,3,14H2,1-2H3,(H,15,20)(H,16,17). The zero-order chi connectivity index (χ0) is 14.7. The highest BCUT2D eigenvalue weighted by atomic mass is 35.5. The number of pyridine rings is 1. The third-order valence-corrected chi connectivity index (χ3v) is 2.89. The van der Waals surface area contributed by atoms with Gasteiger partial charge >= 0.3 is 0 Å². The van der Waals surface area contributed by atoms with Crippen molar-refractivity contribution in [3.63, 3.8) is 0 Å². The monoisotopic (exact) mass is 294 g/mol. The molecule has 0 atom stereocenters. The van der Waals surface area contributed by atoms with Crippen molar-refractivity contribution in [1.29, 1.82) is 0 Å². The number of nitrogens with two attached hydrogens (primary N) is 1. The fourth-order valence-corrected chi connectivity index (χ4v) is 2.01. The van der Waals surface area contributed by atoms with Gasteiger partial charge in [0.05, 0.1) is 11.4 Å². The summed E-state index contributed by atoms with van der Waals surface area (Å²) in [5.74, 6) is 5.30. The number of hydrogen-bond acceptors (Lipinski definition) is 5. The van der Waals surface area contributed by atoms with Gasteiger partial charge in [-0.3, -0.25) is 9.48 Å². The van der Waals surface area contributed by atoms with Crippen molar-refractivity contribution in [3.05, 3.63) is 34.7 Å². The Kier molecular flexibility index (Phi) is 4.21. The number of carbonyl (C=O) groups excluding carboxylic acids is 1. The van der Waals surface area contributed by atoms with Crippen LogP contribution in [0.1, 0.15) is 23.0 Å². The molecule has 0 aromatic carbocycles. The fourth-order valence-electron chi connectivity index (χ4n) is 1.80. The summed E-state index contributed by atoms with van der Waals surface area (Å²) in [6.07, 6.45) is 2.48. The molecule has 2 rings (SSSR count). The molecule has 2 heterocycles. The van der Waals surface area contributed by atoms with Gasteiger partial charge in [0.2, 0.25) is 0 Å². The van der Waals surface area contributed by atoms with Crippen LogP contribution in [-0.4, -0.2) is 20.7 Å². The number of hydrogen-bond donors (Lipinski definition) is 3. The summed E-state index contributed by atoms with van der Waals surface area (Å²) in [4.78, 5) is 16.1. The van der Waals surface area contributed by atoms with Crippen LogP contribution in [0.15, 0.2) is 18.3 Å². The molecule has 0 saturated heterocycles. The molecular weight excluding hydrogens is 280 g/mol. The summed E-state index contributed by atoms with van der Waals surface area (Å²) in [5.41, 5.74) is 4.22. The molecule has 20 heavy (non-hydrogen) atoms. The Balaban J connectivity index is 2.25. The first kappa shape index (κ1) is 14.3. The number of nitrogens with one attached hydrogen (secondary N) is 2. The van der Waals surface area contributed by atoms with Crippen LogP contribution < -0.4 is 16.6 Å². The Morgan fingerprint density at radius 2 is 2.25 bits per heavy atom. The van der Waals surface area contributed by atoms with Crippen molar-refractivity contribution < 1.29 is 4.79 Å². The zero-order valence-electron chi connectivity index (χ0n) is 11.1. The molecule has 0 aliphatic carbocycles. The minimum Gasteiger partial charge on any atom is -0.319 e. The van der Waals surface area contributed by atoms with Crippen LogP contribution in [0.25, 0.3) is 0 Å². The molecule has 4 N–H and O–H groups in total. The number of aryl methyl sites for hydroxylation is 2. The van der Waals surface area contributed by atoms with Gasteiger partial charge in [-0.05, 0) is 18.6 Å². The second-order valence-electron chi connectivity index (χ2n) is 4.18. The van der Waals surface area contributed by atoms with Gasteiger partial charge in [0, 0.05) is 18.8 Å². The van der Waals surface area contributed by atoms with E-state index < -0.39 is 0 Å². The van der Waals surface area contributed by atoms with E-state index in [1.165, 1.54) is 12.1 Å². The van der Waals surface area contributed by atoms with E-state index in [9.17, 15) is 4.79 Å². The second-order valence-corrected chi connectivity index (χ2v) is 4.57. The molecule has 2 aromatic heterocycles. The highest BCUT2D eigenvalue weighted by molar-refractivity contribution is 6.30. The van der Waals surface area contributed by atoms with Gasteiger partial charge in [0.15, 0.2) is 0 Å². The maximum absolute atomic E-state index is 12.2. The number of rotatable bonds is 4. The van der Waals surface area contributed by atoms with Crippen LogP contribution in [-0.2, 0) is 13.5 Å². The lowest BCUT2D eigenvalue weighted by Gasteiger charge is -2.06. The predicted molar refractivity (Wildman–Crippen MR) is 77.6 cm³/mol. The van der Waals surface area contributed by atoms with E-state index in [1.807, 2.05) is 6.92 Å². The second kappa shape index (κ2) is 5.89. The molecule has 2 aromatic rings. The van der Waals surface area contributed by atoms with Crippen molar-refractivity contribution in [1.82, 2.24) is 14.8 Å². The molecular formula is C12H15ClN6O. The first-order valence-electron chi connectivity index (χ1n) is 6.01. The Bertz CT molecular complexity index is 639. The number of nitrogen functional groups attached to an aromatic ring is 1. The lowest BCUT2D eigenvalue weighted by Crippen LogP contribution is -2.15. The largest absolute Gasteiger partial charge is 0.319 e. The Morgan fingerprint density at radius 1 is 1.50 bits per heavy atom. The number of anilines is 2. The summed E-state index contributed by atoms with van der Waals surface area (Å²) in [5, 5.41) is 7.25. The number of carbonyl (C=O) groups is 1. The van der Waals surface area contributed by atoms with E-state index in [0.29, 0.717) is 17.1 Å². The summed E-state index contributed by atoms with van der Waals surface area (Å²) >= 11 is 5.84. The van der Waals surface area contributed by atoms with Crippen molar-refractivity contribution in [2.24, 2.45) is 12.9 Å². The maximum Gasteiger partial charge on any atom is 0.256 e. The number of aromatic nitrogens is 3. The molecule has 0 bridgehead atoms.